The Morgan fingerprint density at radius 1 is 1.60 bits per heavy atom. The lowest BCUT2D eigenvalue weighted by molar-refractivity contribution is 0.297. The molecule has 3 nitrogen and oxygen atoms in total. The van der Waals surface area contributed by atoms with Crippen molar-refractivity contribution in [3.05, 3.63) is 23.9 Å². The molecule has 1 rings (SSSR count). The Bertz CT molecular complexity index is 333. The van der Waals surface area contributed by atoms with Gasteiger partial charge in [-0.25, -0.2) is 4.98 Å². The molecule has 0 spiro atoms. The summed E-state index contributed by atoms with van der Waals surface area (Å²) in [5, 5.41) is 1.04. The Morgan fingerprint density at radius 2 is 2.40 bits per heavy atom. The predicted molar refractivity (Wildman–Crippen MR) is 63.7 cm³/mol. The van der Waals surface area contributed by atoms with Crippen molar-refractivity contribution >= 4 is 23.4 Å². The molecule has 0 saturated heterocycles. The van der Waals surface area contributed by atoms with Crippen LogP contribution in [0.2, 0.25) is 5.15 Å². The number of ether oxygens (including phenoxy) is 1. The highest BCUT2D eigenvalue weighted by molar-refractivity contribution is 7.98. The van der Waals surface area contributed by atoms with E-state index in [4.69, 9.17) is 16.3 Å². The molecule has 0 bridgehead atoms. The largest absolute Gasteiger partial charge is 0.478 e. The van der Waals surface area contributed by atoms with Crippen molar-refractivity contribution in [1.29, 1.82) is 0 Å². The van der Waals surface area contributed by atoms with E-state index in [1.54, 1.807) is 6.07 Å². The van der Waals surface area contributed by atoms with Crippen molar-refractivity contribution in [2.45, 2.75) is 18.0 Å². The summed E-state index contributed by atoms with van der Waals surface area (Å²) in [7, 11) is 0. The Morgan fingerprint density at radius 3 is 3.07 bits per heavy atom. The lowest BCUT2D eigenvalue weighted by Gasteiger charge is -2.05. The minimum absolute atomic E-state index is 0.410. The van der Waals surface area contributed by atoms with Gasteiger partial charge >= 0.3 is 0 Å². The molecule has 0 fully saturated rings. The summed E-state index contributed by atoms with van der Waals surface area (Å²) in [5.74, 6) is 0.531. The average Bonchev–Trinajstić information content (AvgIpc) is 2.23. The van der Waals surface area contributed by atoms with E-state index in [1.165, 1.54) is 11.8 Å². The summed E-state index contributed by atoms with van der Waals surface area (Å²) in [4.78, 5) is 8.19. The molecule has 0 atom stereocenters. The first-order valence-electron chi connectivity index (χ1n) is 4.58. The van der Waals surface area contributed by atoms with Gasteiger partial charge in [-0.3, -0.25) is 0 Å². The Labute approximate surface area is 98.9 Å². The van der Waals surface area contributed by atoms with E-state index in [9.17, 15) is 0 Å². The zero-order chi connectivity index (χ0) is 11.1. The molecular weight excluding hydrogens is 232 g/mol. The molecule has 0 aliphatic heterocycles. The molecule has 1 aromatic heterocycles. The molecule has 1 aromatic rings. The Balaban J connectivity index is 2.52. The summed E-state index contributed by atoms with van der Waals surface area (Å²) in [5.41, 5.74) is 0. The van der Waals surface area contributed by atoms with Gasteiger partial charge in [0.05, 0.1) is 6.61 Å². The van der Waals surface area contributed by atoms with Gasteiger partial charge in [0, 0.05) is 6.07 Å². The maximum absolute atomic E-state index is 5.81. The number of nitrogens with zero attached hydrogens (tertiary/aromatic N) is 2. The van der Waals surface area contributed by atoms with E-state index < -0.39 is 0 Å². The van der Waals surface area contributed by atoms with Crippen LogP contribution in [0.3, 0.4) is 0 Å². The number of allylic oxidation sites excluding steroid dienone is 1. The zero-order valence-electron chi connectivity index (χ0n) is 8.57. The maximum atomic E-state index is 5.81. The van der Waals surface area contributed by atoms with Crippen LogP contribution in [0.1, 0.15) is 12.8 Å². The van der Waals surface area contributed by atoms with E-state index in [-0.39, 0.29) is 0 Å². The van der Waals surface area contributed by atoms with Crippen LogP contribution < -0.4 is 4.74 Å². The summed E-state index contributed by atoms with van der Waals surface area (Å²) < 4.78 is 5.43. The minimum Gasteiger partial charge on any atom is -0.478 e. The second-order valence-corrected chi connectivity index (χ2v) is 3.96. The molecule has 0 aliphatic rings. The van der Waals surface area contributed by atoms with E-state index in [0.29, 0.717) is 22.8 Å². The lowest BCUT2D eigenvalue weighted by atomic mass is 10.3. The van der Waals surface area contributed by atoms with E-state index >= 15 is 0 Å². The molecule has 0 aromatic carbocycles. The van der Waals surface area contributed by atoms with Gasteiger partial charge in [-0.2, -0.15) is 4.98 Å². The first-order chi connectivity index (χ1) is 7.26. The van der Waals surface area contributed by atoms with Crippen LogP contribution >= 0.6 is 23.4 Å². The normalized spacial score (nSPS) is 10.0. The summed E-state index contributed by atoms with van der Waals surface area (Å²) in [6.07, 6.45) is 5.63. The summed E-state index contributed by atoms with van der Waals surface area (Å²) in [6.45, 7) is 4.26. The van der Waals surface area contributed by atoms with Crippen molar-refractivity contribution in [1.82, 2.24) is 9.97 Å². The van der Waals surface area contributed by atoms with Gasteiger partial charge in [-0.15, -0.1) is 6.58 Å². The lowest BCUT2D eigenvalue weighted by Crippen LogP contribution is -2.00. The second-order valence-electron chi connectivity index (χ2n) is 2.79. The van der Waals surface area contributed by atoms with Gasteiger partial charge in [0.1, 0.15) is 5.15 Å². The number of halogens is 1. The van der Waals surface area contributed by atoms with Gasteiger partial charge in [-0.1, -0.05) is 29.4 Å². The van der Waals surface area contributed by atoms with Crippen molar-refractivity contribution in [2.24, 2.45) is 0 Å². The fraction of sp³-hybridized carbons (Fsp3) is 0.400. The van der Waals surface area contributed by atoms with Crippen LogP contribution in [-0.4, -0.2) is 22.8 Å². The summed E-state index contributed by atoms with van der Waals surface area (Å²) >= 11 is 7.25. The molecule has 15 heavy (non-hydrogen) atoms. The Hall–Kier alpha value is -0.740. The predicted octanol–water partition coefficient (Wildman–Crippen LogP) is 3.20. The number of hydrogen-bond acceptors (Lipinski definition) is 4. The highest BCUT2D eigenvalue weighted by atomic mass is 35.5. The van der Waals surface area contributed by atoms with Gasteiger partial charge in [0.15, 0.2) is 5.16 Å². The number of aromatic nitrogens is 2. The number of thioether (sulfide) groups is 1. The molecular formula is C10H13ClN2OS. The topological polar surface area (TPSA) is 35.0 Å². The highest BCUT2D eigenvalue weighted by Gasteiger charge is 2.02. The van der Waals surface area contributed by atoms with Gasteiger partial charge < -0.3 is 4.74 Å². The van der Waals surface area contributed by atoms with Gasteiger partial charge in [0.2, 0.25) is 5.88 Å². The smallest absolute Gasteiger partial charge is 0.218 e. The molecule has 0 radical (unpaired) electrons. The molecule has 1 heterocycles. The fourth-order valence-corrected chi connectivity index (χ4v) is 1.54. The summed E-state index contributed by atoms with van der Waals surface area (Å²) in [6, 6.07) is 1.62. The van der Waals surface area contributed by atoms with Crippen molar-refractivity contribution in [2.75, 3.05) is 12.9 Å². The van der Waals surface area contributed by atoms with Crippen LogP contribution in [0.15, 0.2) is 23.9 Å². The molecule has 0 N–H and O–H groups in total. The van der Waals surface area contributed by atoms with Crippen LogP contribution in [0.5, 0.6) is 5.88 Å². The molecule has 0 amide bonds. The molecule has 0 saturated carbocycles. The highest BCUT2D eigenvalue weighted by Crippen LogP contribution is 2.18. The average molecular weight is 245 g/mol. The monoisotopic (exact) mass is 244 g/mol. The first kappa shape index (κ1) is 12.3. The number of unbranched alkanes of at least 4 members (excludes halogenated alkanes) is 1. The molecule has 0 aliphatic carbocycles. The van der Waals surface area contributed by atoms with Gasteiger partial charge in [-0.05, 0) is 19.1 Å². The van der Waals surface area contributed by atoms with Crippen LogP contribution in [0.25, 0.3) is 0 Å². The fourth-order valence-electron chi connectivity index (χ4n) is 0.947. The van der Waals surface area contributed by atoms with E-state index in [2.05, 4.69) is 16.5 Å². The maximum Gasteiger partial charge on any atom is 0.218 e. The minimum atomic E-state index is 0.410. The van der Waals surface area contributed by atoms with Crippen molar-refractivity contribution in [3.63, 3.8) is 0 Å². The van der Waals surface area contributed by atoms with Crippen LogP contribution in [0, 0.1) is 0 Å². The third-order valence-corrected chi connectivity index (χ3v) is 2.38. The van der Waals surface area contributed by atoms with E-state index in [0.717, 1.165) is 12.8 Å². The zero-order valence-corrected chi connectivity index (χ0v) is 10.1. The first-order valence-corrected chi connectivity index (χ1v) is 6.19. The van der Waals surface area contributed by atoms with E-state index in [1.807, 2.05) is 12.3 Å². The van der Waals surface area contributed by atoms with Gasteiger partial charge in [0.25, 0.3) is 0 Å². The number of rotatable bonds is 6. The molecule has 5 heteroatoms. The number of hydrogen-bond donors (Lipinski definition) is 0. The van der Waals surface area contributed by atoms with Crippen LogP contribution in [0.4, 0.5) is 0 Å². The van der Waals surface area contributed by atoms with Crippen molar-refractivity contribution in [3.8, 4) is 5.88 Å². The SMILES string of the molecule is C=CCCCOc1cc(Cl)nc(SC)n1. The second kappa shape index (κ2) is 6.69. The van der Waals surface area contributed by atoms with Crippen LogP contribution in [-0.2, 0) is 0 Å². The molecule has 0 unspecified atom stereocenters. The Kier molecular flexibility index (Phi) is 5.50. The standard InChI is InChI=1S/C10H13ClN2OS/c1-3-4-5-6-14-9-7-8(11)12-10(13-9)15-2/h3,7H,1,4-6H2,2H3. The quantitative estimate of drug-likeness (QED) is 0.253. The molecule has 82 valence electrons. The third kappa shape index (κ3) is 4.53. The third-order valence-electron chi connectivity index (χ3n) is 1.64. The van der Waals surface area contributed by atoms with Crippen molar-refractivity contribution < 1.29 is 4.74 Å².